The van der Waals surface area contributed by atoms with Gasteiger partial charge < -0.3 is 9.64 Å². The molecule has 5 nitrogen and oxygen atoms in total. The van der Waals surface area contributed by atoms with Crippen LogP contribution in [0.5, 0.6) is 5.75 Å². The number of likely N-dealkylation sites (tertiary alicyclic amines) is 1. The summed E-state index contributed by atoms with van der Waals surface area (Å²) in [5.41, 5.74) is 0. The van der Waals surface area contributed by atoms with E-state index in [1.165, 1.54) is 12.1 Å². The smallest absolute Gasteiger partial charge is 0.260 e. The minimum atomic E-state index is -3.19. The number of sulfone groups is 1. The highest BCUT2D eigenvalue weighted by atomic mass is 32.2. The van der Waals surface area contributed by atoms with Gasteiger partial charge in [-0.1, -0.05) is 0 Å². The summed E-state index contributed by atoms with van der Waals surface area (Å²) in [5.74, 6) is 0.477. The molecule has 6 heteroatoms. The average Bonchev–Trinajstić information content (AvgIpc) is 2.89. The third-order valence-electron chi connectivity index (χ3n) is 3.07. The summed E-state index contributed by atoms with van der Waals surface area (Å²) in [6, 6.07) is 6.08. The van der Waals surface area contributed by atoms with Crippen LogP contribution in [0.3, 0.4) is 0 Å². The Labute approximate surface area is 113 Å². The number of hydrogen-bond donors (Lipinski definition) is 0. The van der Waals surface area contributed by atoms with Crippen LogP contribution in [0.2, 0.25) is 0 Å². The normalized spacial score (nSPS) is 15.5. The molecule has 1 fully saturated rings. The Bertz CT molecular complexity index is 545. The second kappa shape index (κ2) is 5.61. The quantitative estimate of drug-likeness (QED) is 0.830. The molecular weight excluding hydrogens is 266 g/mol. The lowest BCUT2D eigenvalue weighted by molar-refractivity contribution is -0.132. The van der Waals surface area contributed by atoms with Crippen molar-refractivity contribution in [2.45, 2.75) is 17.7 Å². The highest BCUT2D eigenvalue weighted by Crippen LogP contribution is 2.16. The third-order valence-corrected chi connectivity index (χ3v) is 4.20. The number of rotatable bonds is 4. The Hall–Kier alpha value is -1.56. The van der Waals surface area contributed by atoms with Crippen molar-refractivity contribution in [2.75, 3.05) is 26.0 Å². The molecule has 0 spiro atoms. The van der Waals surface area contributed by atoms with Gasteiger partial charge in [-0.05, 0) is 37.1 Å². The third kappa shape index (κ3) is 3.70. The molecule has 2 rings (SSSR count). The first-order valence-corrected chi connectivity index (χ1v) is 8.07. The fraction of sp³-hybridized carbons (Fsp3) is 0.462. The van der Waals surface area contributed by atoms with E-state index in [0.29, 0.717) is 5.75 Å². The summed E-state index contributed by atoms with van der Waals surface area (Å²) in [7, 11) is -3.19. The molecule has 0 unspecified atom stereocenters. The van der Waals surface area contributed by atoms with E-state index >= 15 is 0 Å². The molecule has 1 aromatic carbocycles. The fourth-order valence-electron chi connectivity index (χ4n) is 1.99. The van der Waals surface area contributed by atoms with Crippen LogP contribution in [0, 0.1) is 0 Å². The minimum Gasteiger partial charge on any atom is -0.484 e. The first-order chi connectivity index (χ1) is 8.97. The van der Waals surface area contributed by atoms with E-state index in [-0.39, 0.29) is 17.4 Å². The summed E-state index contributed by atoms with van der Waals surface area (Å²) < 4.78 is 27.9. The second-order valence-corrected chi connectivity index (χ2v) is 6.64. The molecule has 0 radical (unpaired) electrons. The zero-order valence-electron chi connectivity index (χ0n) is 10.8. The van der Waals surface area contributed by atoms with Crippen molar-refractivity contribution >= 4 is 15.7 Å². The van der Waals surface area contributed by atoms with Crippen molar-refractivity contribution in [3.8, 4) is 5.75 Å². The fourth-order valence-corrected chi connectivity index (χ4v) is 2.62. The van der Waals surface area contributed by atoms with E-state index in [9.17, 15) is 13.2 Å². The van der Waals surface area contributed by atoms with Crippen LogP contribution in [0.4, 0.5) is 0 Å². The Morgan fingerprint density at radius 1 is 1.21 bits per heavy atom. The number of hydrogen-bond acceptors (Lipinski definition) is 4. The number of ether oxygens (including phenoxy) is 1. The summed E-state index contributed by atoms with van der Waals surface area (Å²) in [5, 5.41) is 0. The molecule has 0 saturated carbocycles. The van der Waals surface area contributed by atoms with Crippen LogP contribution in [-0.2, 0) is 14.6 Å². The maximum Gasteiger partial charge on any atom is 0.260 e. The predicted octanol–water partition coefficient (Wildman–Crippen LogP) is 1.09. The van der Waals surface area contributed by atoms with Gasteiger partial charge in [0.25, 0.3) is 5.91 Å². The van der Waals surface area contributed by atoms with Gasteiger partial charge in [0.2, 0.25) is 0 Å². The Balaban J connectivity index is 1.91. The van der Waals surface area contributed by atoms with Gasteiger partial charge in [-0.15, -0.1) is 0 Å². The van der Waals surface area contributed by atoms with Crippen molar-refractivity contribution in [1.82, 2.24) is 4.90 Å². The highest BCUT2D eigenvalue weighted by Gasteiger charge is 2.18. The lowest BCUT2D eigenvalue weighted by atomic mass is 10.3. The van der Waals surface area contributed by atoms with Gasteiger partial charge in [0.15, 0.2) is 16.4 Å². The van der Waals surface area contributed by atoms with Crippen molar-refractivity contribution in [1.29, 1.82) is 0 Å². The first-order valence-electron chi connectivity index (χ1n) is 6.17. The van der Waals surface area contributed by atoms with E-state index in [1.807, 2.05) is 0 Å². The average molecular weight is 283 g/mol. The molecule has 1 amide bonds. The molecule has 0 N–H and O–H groups in total. The largest absolute Gasteiger partial charge is 0.484 e. The summed E-state index contributed by atoms with van der Waals surface area (Å²) in [4.78, 5) is 13.8. The van der Waals surface area contributed by atoms with Gasteiger partial charge in [-0.25, -0.2) is 8.42 Å². The number of nitrogens with zero attached hydrogens (tertiary/aromatic N) is 1. The van der Waals surface area contributed by atoms with Crippen LogP contribution in [0.25, 0.3) is 0 Å². The zero-order chi connectivity index (χ0) is 13.9. The van der Waals surface area contributed by atoms with Crippen LogP contribution in [-0.4, -0.2) is 45.2 Å². The van der Waals surface area contributed by atoms with Crippen LogP contribution < -0.4 is 4.74 Å². The summed E-state index contributed by atoms with van der Waals surface area (Å²) >= 11 is 0. The van der Waals surface area contributed by atoms with Gasteiger partial charge in [0.1, 0.15) is 5.75 Å². The Morgan fingerprint density at radius 2 is 1.79 bits per heavy atom. The number of benzene rings is 1. The lowest BCUT2D eigenvalue weighted by Crippen LogP contribution is -2.32. The second-order valence-electron chi connectivity index (χ2n) is 4.62. The lowest BCUT2D eigenvalue weighted by Gasteiger charge is -2.15. The molecule has 0 aromatic heterocycles. The minimum absolute atomic E-state index is 0.00176. The highest BCUT2D eigenvalue weighted by molar-refractivity contribution is 7.90. The zero-order valence-corrected chi connectivity index (χ0v) is 11.6. The summed E-state index contributed by atoms with van der Waals surface area (Å²) in [6.45, 7) is 1.60. The molecule has 0 bridgehead atoms. The van der Waals surface area contributed by atoms with Crippen LogP contribution in [0.1, 0.15) is 12.8 Å². The monoisotopic (exact) mass is 283 g/mol. The van der Waals surface area contributed by atoms with Crippen molar-refractivity contribution in [2.24, 2.45) is 0 Å². The SMILES string of the molecule is CS(=O)(=O)c1ccc(OCC(=O)N2CCCC2)cc1. The van der Waals surface area contributed by atoms with Crippen LogP contribution in [0.15, 0.2) is 29.2 Å². The van der Waals surface area contributed by atoms with E-state index in [1.54, 1.807) is 17.0 Å². The molecule has 1 aromatic rings. The predicted molar refractivity (Wildman–Crippen MR) is 70.9 cm³/mol. The summed E-state index contributed by atoms with van der Waals surface area (Å²) in [6.07, 6.45) is 3.25. The molecule has 1 aliphatic rings. The maximum atomic E-state index is 11.7. The van der Waals surface area contributed by atoms with Crippen molar-refractivity contribution in [3.05, 3.63) is 24.3 Å². The first kappa shape index (κ1) is 13.9. The van der Waals surface area contributed by atoms with E-state index < -0.39 is 9.84 Å². The van der Waals surface area contributed by atoms with Gasteiger partial charge in [0, 0.05) is 19.3 Å². The Morgan fingerprint density at radius 3 is 2.32 bits per heavy atom. The molecule has 0 aliphatic carbocycles. The molecule has 1 aliphatic heterocycles. The molecule has 104 valence electrons. The molecular formula is C13H17NO4S. The molecule has 1 saturated heterocycles. The molecule has 1 heterocycles. The topological polar surface area (TPSA) is 63.7 Å². The van der Waals surface area contributed by atoms with Gasteiger partial charge in [-0.2, -0.15) is 0 Å². The molecule has 0 atom stereocenters. The van der Waals surface area contributed by atoms with Gasteiger partial charge in [-0.3, -0.25) is 4.79 Å². The number of carbonyl (C=O) groups excluding carboxylic acids is 1. The van der Waals surface area contributed by atoms with Crippen LogP contribution >= 0.6 is 0 Å². The van der Waals surface area contributed by atoms with Gasteiger partial charge >= 0.3 is 0 Å². The number of carbonyl (C=O) groups is 1. The van der Waals surface area contributed by atoms with E-state index in [0.717, 1.165) is 32.2 Å². The standard InChI is InChI=1S/C13H17NO4S/c1-19(16,17)12-6-4-11(5-7-12)18-10-13(15)14-8-2-3-9-14/h4-7H,2-3,8-10H2,1H3. The number of amides is 1. The maximum absolute atomic E-state index is 11.7. The van der Waals surface area contributed by atoms with Crippen molar-refractivity contribution < 1.29 is 17.9 Å². The van der Waals surface area contributed by atoms with Crippen molar-refractivity contribution in [3.63, 3.8) is 0 Å². The Kier molecular flexibility index (Phi) is 4.09. The van der Waals surface area contributed by atoms with Gasteiger partial charge in [0.05, 0.1) is 4.90 Å². The molecule has 19 heavy (non-hydrogen) atoms. The van der Waals surface area contributed by atoms with E-state index in [2.05, 4.69) is 0 Å². The van der Waals surface area contributed by atoms with E-state index in [4.69, 9.17) is 4.74 Å².